The molecule has 4 aliphatic rings. The van der Waals surface area contributed by atoms with Gasteiger partial charge in [-0.25, -0.2) is 73.5 Å². The largest absolute Gasteiger partial charge is 0.472 e. The molecule has 0 amide bonds. The molecule has 4 saturated heterocycles. The molecule has 0 spiro atoms. The molecule has 0 aliphatic carbocycles. The molecular formula is C41H51N20O22P3. The van der Waals surface area contributed by atoms with E-state index in [2.05, 4.69) is 59.8 Å². The van der Waals surface area contributed by atoms with E-state index in [1.165, 1.54) is 15.5 Å². The van der Waals surface area contributed by atoms with Gasteiger partial charge in [-0.05, 0) is 6.92 Å². The topological polar surface area (TPSA) is 604 Å². The molecule has 42 nitrogen and oxygen atoms in total. The molecule has 3 unspecified atom stereocenters. The molecule has 0 radical (unpaired) electrons. The molecule has 0 saturated carbocycles. The van der Waals surface area contributed by atoms with Crippen molar-refractivity contribution >= 4 is 91.4 Å². The molecule has 462 valence electrons. The first kappa shape index (κ1) is 59.7. The van der Waals surface area contributed by atoms with E-state index >= 15 is 0 Å². The highest BCUT2D eigenvalue weighted by molar-refractivity contribution is 7.48. The van der Waals surface area contributed by atoms with E-state index in [1.807, 2.05) is 0 Å². The maximum absolute atomic E-state index is 14.1. The number of imidazole rings is 4. The van der Waals surface area contributed by atoms with Crippen LogP contribution in [0.2, 0.25) is 0 Å². The van der Waals surface area contributed by atoms with Crippen molar-refractivity contribution in [1.29, 1.82) is 0 Å². The van der Waals surface area contributed by atoms with Crippen LogP contribution in [0.5, 0.6) is 0 Å². The zero-order valence-corrected chi connectivity index (χ0v) is 46.4. The lowest BCUT2D eigenvalue weighted by Gasteiger charge is -2.25. The van der Waals surface area contributed by atoms with Crippen LogP contribution in [0.25, 0.3) is 44.7 Å². The highest BCUT2D eigenvalue weighted by Crippen LogP contribution is 2.54. The predicted octanol–water partition coefficient (Wildman–Crippen LogP) is -4.12. The number of aliphatic hydroxyl groups is 6. The van der Waals surface area contributed by atoms with Crippen LogP contribution in [-0.4, -0.2) is 223 Å². The summed E-state index contributed by atoms with van der Waals surface area (Å²) in [4.78, 5) is 82.4. The fraction of sp³-hybridized carbons (Fsp3) is 0.512. The highest BCUT2D eigenvalue weighted by Gasteiger charge is 2.55. The van der Waals surface area contributed by atoms with Crippen LogP contribution in [0, 0.1) is 6.92 Å². The van der Waals surface area contributed by atoms with Crippen LogP contribution in [-0.2, 0) is 59.8 Å². The zero-order valence-electron chi connectivity index (χ0n) is 43.7. The van der Waals surface area contributed by atoms with Crippen molar-refractivity contribution < 1.29 is 105 Å². The van der Waals surface area contributed by atoms with E-state index in [-0.39, 0.29) is 73.8 Å². The number of phosphoric acid groups is 3. The number of aromatic nitrogens is 16. The number of aliphatic hydroxyl groups excluding tert-OH is 6. The number of nitrogen functional groups attached to an aromatic ring is 4. The first-order valence-corrected chi connectivity index (χ1v) is 29.8. The number of ether oxygens (including phenoxy) is 4. The van der Waals surface area contributed by atoms with E-state index in [4.69, 9.17) is 69.0 Å². The Bertz CT molecular complexity index is 4000. The first-order valence-electron chi connectivity index (χ1n) is 25.3. The Labute approximate surface area is 478 Å². The molecule has 4 aliphatic heterocycles. The van der Waals surface area contributed by atoms with Crippen LogP contribution >= 0.6 is 23.5 Å². The van der Waals surface area contributed by atoms with Gasteiger partial charge in [0.1, 0.15) is 121 Å². The summed E-state index contributed by atoms with van der Waals surface area (Å²) in [5.74, 6) is 0.0391. The van der Waals surface area contributed by atoms with Gasteiger partial charge in [0.05, 0.1) is 45.4 Å². The number of rotatable bonds is 20. The van der Waals surface area contributed by atoms with Crippen molar-refractivity contribution in [1.82, 2.24) is 78.1 Å². The van der Waals surface area contributed by atoms with Crippen LogP contribution in [0.15, 0.2) is 44.3 Å². The van der Waals surface area contributed by atoms with Crippen molar-refractivity contribution in [2.75, 3.05) is 49.4 Å². The number of hydrogen-bond donors (Lipinski definition) is 13. The van der Waals surface area contributed by atoms with Crippen molar-refractivity contribution in [3.63, 3.8) is 0 Å². The smallest absolute Gasteiger partial charge is 0.394 e. The van der Waals surface area contributed by atoms with Crippen molar-refractivity contribution in [2.24, 2.45) is 0 Å². The molecule has 19 atom stereocenters. The molecule has 17 N–H and O–H groups in total. The van der Waals surface area contributed by atoms with Gasteiger partial charge in [0.2, 0.25) is 0 Å². The summed E-state index contributed by atoms with van der Waals surface area (Å²) >= 11 is 0. The summed E-state index contributed by atoms with van der Waals surface area (Å²) in [5, 5.41) is 67.1. The third-order valence-corrected chi connectivity index (χ3v) is 17.3. The molecule has 0 bridgehead atoms. The predicted molar refractivity (Wildman–Crippen MR) is 278 cm³/mol. The second-order valence-electron chi connectivity index (χ2n) is 19.6. The number of anilines is 4. The Morgan fingerprint density at radius 1 is 0.453 bits per heavy atom. The standard InChI is InChI=1S/C41H51N20O22P3/c1-13-57-21-33(45)49-9-53-37(21)61(13)39-25(66)22(63)15(78-39)3-74-85(70,71)82-28-24(65)17(80-40(28)59-11-55-19-31(43)47-7-51-35(19)59)5-76-86(72,73)83-29-23(64)16(79-41(29)60-12-56-20-32(44)48-8-52-36(20)60)4-75-84(68,69)81-27-14(2-62)77-38(26(27)67)58-10-54-18-30(42)46-6-50-34(18)58/h6-12,14-17,22-29,38-41,62-67H,2-5H2,1H3,(H,68,69)(H,70,71)(H,72,73)(H2,42,46,50)(H2,43,47,51)(H2,44,48,52)(H2,45,49,53)/t14-,15-,16-,17-,22-,23-,24-,25-,26-,27-,28-,29-,38-,39-,40-,41-/m1/s1. The highest BCUT2D eigenvalue weighted by atomic mass is 31.2. The SMILES string of the molecule is Cc1nc2c(N)ncnc2n1[C@@H]1O[C@H](COP(=O)(O)O[C@@H]2[C@H](O)[C@@H](COP(=O)(O)O[C@@H]3[C@H](O)[C@@H](COP(=O)(O)O[C@H]4[C@@H](O)[C@H](n5cnc6c(N)ncnc65)O[C@@H]4CO)O[C@H]3n3cnc4c(N)ncnc43)O[C@H]2n2cnc3c(N)ncnc32)[C@@H](O)[C@H]1O. The Kier molecular flexibility index (Phi) is 15.8. The van der Waals surface area contributed by atoms with Gasteiger partial charge < -0.3 is 87.2 Å². The molecule has 8 aromatic rings. The molecule has 8 aromatic heterocycles. The minimum absolute atomic E-state index is 0.000582. The average Bonchev–Trinajstić information content (AvgIpc) is 1.86. The van der Waals surface area contributed by atoms with E-state index in [1.54, 1.807) is 6.92 Å². The molecule has 86 heavy (non-hydrogen) atoms. The maximum Gasteiger partial charge on any atom is 0.472 e. The van der Waals surface area contributed by atoms with Gasteiger partial charge in [0.25, 0.3) is 0 Å². The lowest BCUT2D eigenvalue weighted by atomic mass is 10.1. The normalized spacial score (nSPS) is 31.8. The first-order chi connectivity index (χ1) is 40.9. The van der Waals surface area contributed by atoms with Crippen LogP contribution in [0.4, 0.5) is 23.3 Å². The van der Waals surface area contributed by atoms with Gasteiger partial charge in [-0.15, -0.1) is 0 Å². The van der Waals surface area contributed by atoms with E-state index in [0.29, 0.717) is 0 Å². The number of aryl methyl sites for hydroxylation is 1. The Balaban J connectivity index is 0.742. The molecule has 45 heteroatoms. The average molecular weight is 1270 g/mol. The number of nitrogens with zero attached hydrogens (tertiary/aromatic N) is 16. The van der Waals surface area contributed by atoms with Crippen molar-refractivity contribution in [3.8, 4) is 0 Å². The van der Waals surface area contributed by atoms with E-state index in [9.17, 15) is 59.0 Å². The second-order valence-corrected chi connectivity index (χ2v) is 23.8. The fourth-order valence-electron chi connectivity index (χ4n) is 10.3. The summed E-state index contributed by atoms with van der Waals surface area (Å²) in [6, 6.07) is 0. The van der Waals surface area contributed by atoms with Gasteiger partial charge in [-0.2, -0.15) is 0 Å². The molecule has 0 aromatic carbocycles. The summed E-state index contributed by atoms with van der Waals surface area (Å²) in [6.45, 7) is -2.34. The van der Waals surface area contributed by atoms with E-state index < -0.39 is 148 Å². The van der Waals surface area contributed by atoms with Crippen LogP contribution in [0.1, 0.15) is 30.7 Å². The van der Waals surface area contributed by atoms with Crippen LogP contribution in [0.3, 0.4) is 0 Å². The minimum Gasteiger partial charge on any atom is -0.394 e. The zero-order chi connectivity index (χ0) is 60.9. The molecular weight excluding hydrogens is 1220 g/mol. The van der Waals surface area contributed by atoms with E-state index in [0.717, 1.165) is 47.1 Å². The minimum atomic E-state index is -5.57. The lowest BCUT2D eigenvalue weighted by Crippen LogP contribution is -2.37. The summed E-state index contributed by atoms with van der Waals surface area (Å²) in [6.07, 6.45) is -19.9. The fourth-order valence-corrected chi connectivity index (χ4v) is 13.1. The molecule has 12 rings (SSSR count). The number of hydrogen-bond acceptors (Lipinski definition) is 35. The molecule has 12 heterocycles. The maximum atomic E-state index is 14.1. The monoisotopic (exact) mass is 1270 g/mol. The van der Waals surface area contributed by atoms with Gasteiger partial charge in [0.15, 0.2) is 76.3 Å². The molecule has 4 fully saturated rings. The van der Waals surface area contributed by atoms with Gasteiger partial charge in [-0.3, -0.25) is 45.4 Å². The number of nitrogens with two attached hydrogens (primary N) is 4. The number of phosphoric ester groups is 3. The van der Waals surface area contributed by atoms with Gasteiger partial charge in [-0.1, -0.05) is 0 Å². The van der Waals surface area contributed by atoms with Crippen molar-refractivity contribution in [3.05, 3.63) is 50.1 Å². The Morgan fingerprint density at radius 2 is 0.814 bits per heavy atom. The summed E-state index contributed by atoms with van der Waals surface area (Å²) in [5.41, 5.74) is 24.3. The Hall–Kier alpha value is -6.67. The lowest BCUT2D eigenvalue weighted by molar-refractivity contribution is -0.0652. The van der Waals surface area contributed by atoms with Gasteiger partial charge in [0, 0.05) is 0 Å². The third-order valence-electron chi connectivity index (χ3n) is 14.3. The summed E-state index contributed by atoms with van der Waals surface area (Å²) in [7, 11) is -16.4. The van der Waals surface area contributed by atoms with Crippen molar-refractivity contribution in [2.45, 2.75) is 105 Å². The Morgan fingerprint density at radius 3 is 1.24 bits per heavy atom. The second kappa shape index (κ2) is 22.8. The third kappa shape index (κ3) is 10.9. The number of fused-ring (bicyclic) bond motifs is 4. The summed E-state index contributed by atoms with van der Waals surface area (Å²) < 4.78 is 102. The van der Waals surface area contributed by atoms with Gasteiger partial charge >= 0.3 is 23.5 Å². The quantitative estimate of drug-likeness (QED) is 0.0322. The van der Waals surface area contributed by atoms with Crippen LogP contribution < -0.4 is 22.9 Å².